The van der Waals surface area contributed by atoms with Crippen LogP contribution in [0.2, 0.25) is 5.28 Å². The Morgan fingerprint density at radius 1 is 0.282 bits per heavy atom. The van der Waals surface area contributed by atoms with Crippen LogP contribution in [-0.2, 0) is 9.31 Å². The molecule has 0 atom stereocenters. The summed E-state index contributed by atoms with van der Waals surface area (Å²) in [4.78, 5) is 27.5. The minimum atomic E-state index is -0.394. The summed E-state index contributed by atoms with van der Waals surface area (Å²) in [6.45, 7) is 8.33. The molecule has 0 aliphatic carbocycles. The second-order valence-corrected chi connectivity index (χ2v) is 27.8. The molecule has 1 fully saturated rings. The molecule has 0 bridgehead atoms. The first-order valence-electron chi connectivity index (χ1n) is 36.0. The Kier molecular flexibility index (Phi) is 20.6. The van der Waals surface area contributed by atoms with Gasteiger partial charge in [-0.3, -0.25) is 0 Å². The fourth-order valence-electron chi connectivity index (χ4n) is 13.8. The highest BCUT2D eigenvalue weighted by atomic mass is 35.5. The van der Waals surface area contributed by atoms with E-state index >= 15 is 0 Å². The molecule has 0 radical (unpaired) electrons. The Morgan fingerprint density at radius 3 is 0.864 bits per heavy atom. The van der Waals surface area contributed by atoms with Gasteiger partial charge in [0.25, 0.3) is 0 Å². The molecule has 1 aliphatic rings. The van der Waals surface area contributed by atoms with Crippen LogP contribution in [0, 0.1) is 0 Å². The van der Waals surface area contributed by atoms with E-state index in [9.17, 15) is 0 Å². The lowest BCUT2D eigenvalue weighted by atomic mass is 9.78. The molecule has 0 spiro atoms. The molecular weight excluding hydrogens is 1370 g/mol. The van der Waals surface area contributed by atoms with Gasteiger partial charge in [0.15, 0.2) is 29.1 Å². The highest BCUT2D eigenvalue weighted by Crippen LogP contribution is 2.44. The maximum absolute atomic E-state index is 6.30. The summed E-state index contributed by atoms with van der Waals surface area (Å²) in [5, 5.41) is 15.5. The second kappa shape index (κ2) is 31.3. The standard InChI is InChI=1S/C44H29N5.C35H31BN2O2.C15H10ClN3.2CH4/c1-5-15-31(16-6-1)39-40(32-17-7-2-8-18-32)48-49-38(29-36-23-13-14-24-37(36)41(39)49)30-25-27-35(28-26-30)44-46-42(33-19-9-3-10-20-33)45-43(47-44)34-21-11-4-12-22-34;1-34(2)35(3,4)40-36(39-34)28-21-19-24(20-22-28)30-23-27-17-11-12-18-29(27)33-31(25-13-7-5-8-14-25)32(37-38(30)33)26-15-9-6-10-16-26;16-15-18-13(11-7-3-1-4-8-11)17-14(19-15)12-9-5-2-6-10-12;;/h1-29H;5-23H,1-4H3;1-10H;2*1H4. The van der Waals surface area contributed by atoms with Gasteiger partial charge in [0.05, 0.1) is 33.6 Å². The molecular formula is C96H78BClN10O2. The molecule has 1 aliphatic heterocycles. The Bertz CT molecular complexity index is 6090. The second-order valence-electron chi connectivity index (χ2n) is 27.5. The van der Waals surface area contributed by atoms with Gasteiger partial charge in [0.1, 0.15) is 11.4 Å². The van der Waals surface area contributed by atoms with Crippen molar-refractivity contribution >= 4 is 56.8 Å². The fraction of sp³-hybridized carbons (Fsp3) is 0.0833. The van der Waals surface area contributed by atoms with E-state index in [4.69, 9.17) is 46.1 Å². The first-order chi connectivity index (χ1) is 52.9. The third-order valence-electron chi connectivity index (χ3n) is 20.0. The predicted molar refractivity (Wildman–Crippen MR) is 453 cm³/mol. The van der Waals surface area contributed by atoms with Gasteiger partial charge in [-0.1, -0.05) is 355 Å². The first-order valence-corrected chi connectivity index (χ1v) is 36.4. The summed E-state index contributed by atoms with van der Waals surface area (Å²) < 4.78 is 16.8. The number of halogens is 1. The number of hydrogen-bond acceptors (Lipinski definition) is 10. The minimum absolute atomic E-state index is 0. The number of benzene rings is 12. The summed E-state index contributed by atoms with van der Waals surface area (Å²) in [6, 6.07) is 120. The molecule has 110 heavy (non-hydrogen) atoms. The van der Waals surface area contributed by atoms with Crippen molar-refractivity contribution in [2.45, 2.75) is 53.8 Å². The van der Waals surface area contributed by atoms with Crippen molar-refractivity contribution in [3.63, 3.8) is 0 Å². The van der Waals surface area contributed by atoms with Crippen LogP contribution in [0.3, 0.4) is 0 Å². The zero-order valence-corrected chi connectivity index (χ0v) is 60.5. The summed E-state index contributed by atoms with van der Waals surface area (Å²) in [5.41, 5.74) is 19.9. The average molecular weight is 1450 g/mol. The van der Waals surface area contributed by atoms with Gasteiger partial charge < -0.3 is 9.31 Å². The van der Waals surface area contributed by atoms with Gasteiger partial charge >= 0.3 is 7.12 Å². The number of nitrogens with zero attached hydrogens (tertiary/aromatic N) is 10. The lowest BCUT2D eigenvalue weighted by Crippen LogP contribution is -2.41. The molecule has 12 nitrogen and oxygen atoms in total. The summed E-state index contributed by atoms with van der Waals surface area (Å²) >= 11 is 5.99. The Balaban J connectivity index is 0.000000141. The maximum atomic E-state index is 6.30. The van der Waals surface area contributed by atoms with E-state index in [0.29, 0.717) is 29.1 Å². The third-order valence-corrected chi connectivity index (χ3v) is 20.2. The van der Waals surface area contributed by atoms with Crippen LogP contribution in [0.25, 0.3) is 157 Å². The predicted octanol–water partition coefficient (Wildman–Crippen LogP) is 23.6. The number of hydrogen-bond donors (Lipinski definition) is 0. The van der Waals surface area contributed by atoms with Crippen molar-refractivity contribution in [1.29, 1.82) is 0 Å². The van der Waals surface area contributed by atoms with E-state index in [1.165, 1.54) is 10.8 Å². The molecule has 0 N–H and O–H groups in total. The van der Waals surface area contributed by atoms with E-state index < -0.39 is 7.12 Å². The number of pyridine rings is 2. The largest absolute Gasteiger partial charge is 0.494 e. The van der Waals surface area contributed by atoms with Gasteiger partial charge in [-0.05, 0) is 78.8 Å². The SMILES string of the molecule is C.C.CC1(C)OB(c2ccc(-c3cc4ccccc4c4c(-c5ccccc5)c(-c5ccccc5)nn34)cc2)OC1(C)C.Clc1nc(-c2ccccc2)nc(-c2ccccc2)n1.c1ccc(-c2nc(-c3ccccc3)nc(-c3ccc(-c4cc5ccccc5c5c(-c6ccccc6)c(-c6ccccc6)nn45)cc3)n2)cc1. The van der Waals surface area contributed by atoms with Crippen molar-refractivity contribution in [2.24, 2.45) is 0 Å². The van der Waals surface area contributed by atoms with Gasteiger partial charge in [0, 0.05) is 72.0 Å². The summed E-state index contributed by atoms with van der Waals surface area (Å²) in [5.74, 6) is 3.07. The molecule has 0 saturated carbocycles. The van der Waals surface area contributed by atoms with Crippen molar-refractivity contribution in [3.8, 4) is 124 Å². The molecule has 0 unspecified atom stereocenters. The Morgan fingerprint density at radius 2 is 0.536 bits per heavy atom. The highest BCUT2D eigenvalue weighted by Gasteiger charge is 2.51. The van der Waals surface area contributed by atoms with Crippen LogP contribution in [0.1, 0.15) is 42.5 Å². The van der Waals surface area contributed by atoms with Crippen LogP contribution in [0.5, 0.6) is 0 Å². The third kappa shape index (κ3) is 14.5. The lowest BCUT2D eigenvalue weighted by Gasteiger charge is -2.32. The first kappa shape index (κ1) is 72.4. The molecule has 7 heterocycles. The van der Waals surface area contributed by atoms with Gasteiger partial charge in [-0.25, -0.2) is 29.0 Å². The van der Waals surface area contributed by atoms with Crippen molar-refractivity contribution in [3.05, 3.63) is 357 Å². The summed E-state index contributed by atoms with van der Waals surface area (Å²) in [7, 11) is -0.394. The van der Waals surface area contributed by atoms with Crippen molar-refractivity contribution in [1.82, 2.24) is 49.1 Å². The van der Waals surface area contributed by atoms with Crippen LogP contribution < -0.4 is 5.46 Å². The van der Waals surface area contributed by atoms with Gasteiger partial charge in [0.2, 0.25) is 5.28 Å². The quantitative estimate of drug-likeness (QED) is 0.109. The van der Waals surface area contributed by atoms with Gasteiger partial charge in [-0.15, -0.1) is 0 Å². The molecule has 1 saturated heterocycles. The summed E-state index contributed by atoms with van der Waals surface area (Å²) in [6.07, 6.45) is 0. The molecule has 12 aromatic carbocycles. The van der Waals surface area contributed by atoms with Crippen LogP contribution in [-0.4, -0.2) is 67.5 Å². The van der Waals surface area contributed by atoms with Crippen LogP contribution >= 0.6 is 11.6 Å². The zero-order valence-electron chi connectivity index (χ0n) is 59.7. The van der Waals surface area contributed by atoms with E-state index in [1.807, 2.05) is 133 Å². The molecule has 0 amide bonds. The minimum Gasteiger partial charge on any atom is -0.399 e. The van der Waals surface area contributed by atoms with Crippen LogP contribution in [0.15, 0.2) is 352 Å². The van der Waals surface area contributed by atoms with E-state index in [1.54, 1.807) is 0 Å². The van der Waals surface area contributed by atoms with E-state index in [-0.39, 0.29) is 31.3 Å². The zero-order chi connectivity index (χ0) is 73.1. The van der Waals surface area contributed by atoms with E-state index in [0.717, 1.165) is 122 Å². The highest BCUT2D eigenvalue weighted by molar-refractivity contribution is 6.62. The topological polar surface area (TPSA) is 130 Å². The van der Waals surface area contributed by atoms with Crippen molar-refractivity contribution in [2.75, 3.05) is 0 Å². The Labute approximate surface area is 646 Å². The Hall–Kier alpha value is -13.2. The average Bonchev–Trinajstić information content (AvgIpc) is 1.57. The molecule has 19 rings (SSSR count). The van der Waals surface area contributed by atoms with E-state index in [2.05, 4.69) is 270 Å². The normalized spacial score (nSPS) is 12.7. The molecule has 534 valence electrons. The smallest absolute Gasteiger partial charge is 0.399 e. The molecule has 14 heteroatoms. The molecule has 18 aromatic rings. The number of aromatic nitrogens is 10. The fourth-order valence-corrected chi connectivity index (χ4v) is 14.0. The monoisotopic (exact) mass is 1450 g/mol. The van der Waals surface area contributed by atoms with Gasteiger partial charge in [-0.2, -0.15) is 20.2 Å². The molecule has 6 aromatic heterocycles. The number of rotatable bonds is 12. The van der Waals surface area contributed by atoms with Crippen LogP contribution in [0.4, 0.5) is 0 Å². The maximum Gasteiger partial charge on any atom is 0.494 e. The lowest BCUT2D eigenvalue weighted by molar-refractivity contribution is 0.00578. The number of fused-ring (bicyclic) bond motifs is 6. The van der Waals surface area contributed by atoms with Crippen molar-refractivity contribution < 1.29 is 9.31 Å².